The molecule has 2 atom stereocenters. The quantitative estimate of drug-likeness (QED) is 0.295. The zero-order valence-electron chi connectivity index (χ0n) is 19.6. The van der Waals surface area contributed by atoms with Crippen LogP contribution in [0, 0.1) is 0 Å². The molecule has 0 saturated carbocycles. The van der Waals surface area contributed by atoms with Gasteiger partial charge in [0.2, 0.25) is 5.91 Å². The van der Waals surface area contributed by atoms with Crippen LogP contribution >= 0.6 is 0 Å². The Kier molecular flexibility index (Phi) is 8.32. The van der Waals surface area contributed by atoms with Crippen LogP contribution in [0.5, 0.6) is 5.75 Å². The molecule has 0 bridgehead atoms. The highest BCUT2D eigenvalue weighted by atomic mass is 19.4. The zero-order chi connectivity index (χ0) is 26.5. The van der Waals surface area contributed by atoms with Crippen molar-refractivity contribution in [3.63, 3.8) is 0 Å². The number of amides is 1. The van der Waals surface area contributed by atoms with E-state index in [2.05, 4.69) is 0 Å². The van der Waals surface area contributed by atoms with Gasteiger partial charge in [-0.25, -0.2) is 0 Å². The first kappa shape index (κ1) is 27.1. The van der Waals surface area contributed by atoms with Crippen molar-refractivity contribution in [2.45, 2.75) is 37.7 Å². The van der Waals surface area contributed by atoms with Crippen molar-refractivity contribution in [1.29, 1.82) is 0 Å². The molecule has 0 aliphatic heterocycles. The monoisotopic (exact) mass is 509 g/mol. The number of likely N-dealkylation sites (N-methyl/N-ethyl adjacent to an activating group) is 1. The molecule has 3 aromatic rings. The molecule has 0 fully saturated rings. The summed E-state index contributed by atoms with van der Waals surface area (Å²) in [6.45, 7) is 1.87. The van der Waals surface area contributed by atoms with E-state index in [0.29, 0.717) is 12.0 Å². The summed E-state index contributed by atoms with van der Waals surface area (Å²) in [5.41, 5.74) is -0.325. The third-order valence-electron chi connectivity index (χ3n) is 5.84. The molecular formula is C27H25F6NO2. The minimum atomic E-state index is -4.46. The standard InChI is InChI=1S/C27H25F6NO2/c1-18(19-8-10-21(11-9-19)26(28,29)30)25(35)34(2)17-16-24(20-6-4-3-5-7-20)36-23-14-12-22(13-15-23)27(31,32)33/h3-15,18,24H,16-17H2,1-2H3/t18?,24-/m1/s1. The first-order valence-electron chi connectivity index (χ1n) is 11.2. The van der Waals surface area contributed by atoms with Gasteiger partial charge < -0.3 is 9.64 Å². The van der Waals surface area contributed by atoms with Gasteiger partial charge in [0.1, 0.15) is 11.9 Å². The van der Waals surface area contributed by atoms with Crippen molar-refractivity contribution >= 4 is 5.91 Å². The number of benzene rings is 3. The summed E-state index contributed by atoms with van der Waals surface area (Å²) < 4.78 is 83.0. The Morgan fingerprint density at radius 2 is 1.28 bits per heavy atom. The number of carbonyl (C=O) groups excluding carboxylic acids is 1. The van der Waals surface area contributed by atoms with E-state index in [1.165, 1.54) is 29.2 Å². The summed E-state index contributed by atoms with van der Waals surface area (Å²) in [6, 6.07) is 17.9. The number of hydrogen-bond acceptors (Lipinski definition) is 2. The van der Waals surface area contributed by atoms with E-state index in [-0.39, 0.29) is 18.2 Å². The van der Waals surface area contributed by atoms with Crippen LogP contribution in [0.15, 0.2) is 78.9 Å². The van der Waals surface area contributed by atoms with Crippen molar-refractivity contribution in [1.82, 2.24) is 4.90 Å². The molecular weight excluding hydrogens is 484 g/mol. The molecule has 0 aliphatic carbocycles. The summed E-state index contributed by atoms with van der Waals surface area (Å²) in [6.07, 6.45) is -9.11. The van der Waals surface area contributed by atoms with Gasteiger partial charge in [0.15, 0.2) is 0 Å². The molecule has 3 nitrogen and oxygen atoms in total. The van der Waals surface area contributed by atoms with Crippen LogP contribution in [0.1, 0.15) is 47.6 Å². The smallest absolute Gasteiger partial charge is 0.416 e. The fourth-order valence-corrected chi connectivity index (χ4v) is 3.70. The van der Waals surface area contributed by atoms with Crippen molar-refractivity contribution in [3.8, 4) is 5.75 Å². The number of rotatable bonds is 8. The number of carbonyl (C=O) groups is 1. The van der Waals surface area contributed by atoms with Crippen molar-refractivity contribution in [2.75, 3.05) is 13.6 Å². The molecule has 0 heterocycles. The topological polar surface area (TPSA) is 29.5 Å². The lowest BCUT2D eigenvalue weighted by molar-refractivity contribution is -0.138. The van der Waals surface area contributed by atoms with Gasteiger partial charge in [-0.3, -0.25) is 4.79 Å². The molecule has 0 aliphatic rings. The predicted molar refractivity (Wildman–Crippen MR) is 123 cm³/mol. The SMILES string of the molecule is CC(C(=O)N(C)CC[C@@H](Oc1ccc(C(F)(F)F)cc1)c1ccccc1)c1ccc(C(F)(F)F)cc1. The molecule has 0 aromatic heterocycles. The lowest BCUT2D eigenvalue weighted by Gasteiger charge is -2.25. The van der Waals surface area contributed by atoms with Crippen LogP contribution in [-0.2, 0) is 17.1 Å². The molecule has 9 heteroatoms. The van der Waals surface area contributed by atoms with Crippen LogP contribution in [0.3, 0.4) is 0 Å². The van der Waals surface area contributed by atoms with E-state index < -0.39 is 35.5 Å². The van der Waals surface area contributed by atoms with Gasteiger partial charge in [-0.15, -0.1) is 0 Å². The zero-order valence-corrected chi connectivity index (χ0v) is 19.6. The maximum absolute atomic E-state index is 12.9. The molecule has 1 amide bonds. The largest absolute Gasteiger partial charge is 0.486 e. The Hall–Kier alpha value is -3.49. The second kappa shape index (κ2) is 11.1. The summed E-state index contributed by atoms with van der Waals surface area (Å²) in [7, 11) is 1.59. The van der Waals surface area contributed by atoms with Gasteiger partial charge in [-0.05, 0) is 54.4 Å². The van der Waals surface area contributed by atoms with E-state index in [1.807, 2.05) is 18.2 Å². The summed E-state index contributed by atoms with van der Waals surface area (Å²) >= 11 is 0. The lowest BCUT2D eigenvalue weighted by Crippen LogP contribution is -2.32. The third kappa shape index (κ3) is 7.02. The molecule has 192 valence electrons. The highest BCUT2D eigenvalue weighted by Crippen LogP contribution is 2.33. The Bertz CT molecular complexity index is 1130. The molecule has 0 N–H and O–H groups in total. The van der Waals surface area contributed by atoms with Crippen LogP contribution < -0.4 is 4.74 Å². The molecule has 0 spiro atoms. The number of halogens is 6. The highest BCUT2D eigenvalue weighted by molar-refractivity contribution is 5.83. The van der Waals surface area contributed by atoms with Gasteiger partial charge in [-0.2, -0.15) is 26.3 Å². The van der Waals surface area contributed by atoms with Crippen molar-refractivity contribution in [2.24, 2.45) is 0 Å². The highest BCUT2D eigenvalue weighted by Gasteiger charge is 2.31. The Balaban J connectivity index is 1.68. The molecule has 0 saturated heterocycles. The van der Waals surface area contributed by atoms with Gasteiger partial charge in [-0.1, -0.05) is 42.5 Å². The van der Waals surface area contributed by atoms with E-state index in [9.17, 15) is 31.1 Å². The molecule has 1 unspecified atom stereocenters. The maximum atomic E-state index is 12.9. The van der Waals surface area contributed by atoms with Crippen molar-refractivity contribution in [3.05, 3.63) is 101 Å². The Labute approximate surface area is 205 Å². The number of nitrogens with zero attached hydrogens (tertiary/aromatic N) is 1. The minimum Gasteiger partial charge on any atom is -0.486 e. The average Bonchev–Trinajstić information content (AvgIpc) is 2.85. The van der Waals surface area contributed by atoms with E-state index in [1.54, 1.807) is 26.1 Å². The second-order valence-electron chi connectivity index (χ2n) is 8.43. The first-order chi connectivity index (χ1) is 16.9. The van der Waals surface area contributed by atoms with E-state index in [4.69, 9.17) is 4.74 Å². The maximum Gasteiger partial charge on any atom is 0.416 e. The third-order valence-corrected chi connectivity index (χ3v) is 5.84. The normalized spacial score (nSPS) is 13.7. The second-order valence-corrected chi connectivity index (χ2v) is 8.43. The fourth-order valence-electron chi connectivity index (χ4n) is 3.70. The van der Waals surface area contributed by atoms with Crippen LogP contribution in [0.2, 0.25) is 0 Å². The predicted octanol–water partition coefficient (Wildman–Crippen LogP) is 7.50. The van der Waals surface area contributed by atoms with Crippen LogP contribution in [0.25, 0.3) is 0 Å². The lowest BCUT2D eigenvalue weighted by atomic mass is 9.98. The fraction of sp³-hybridized carbons (Fsp3) is 0.296. The van der Waals surface area contributed by atoms with Crippen LogP contribution in [-0.4, -0.2) is 24.4 Å². The minimum absolute atomic E-state index is 0.254. The van der Waals surface area contributed by atoms with Gasteiger partial charge in [0.25, 0.3) is 0 Å². The Morgan fingerprint density at radius 3 is 1.78 bits per heavy atom. The number of alkyl halides is 6. The molecule has 0 radical (unpaired) electrons. The first-order valence-corrected chi connectivity index (χ1v) is 11.2. The van der Waals surface area contributed by atoms with Gasteiger partial charge in [0.05, 0.1) is 17.0 Å². The molecule has 36 heavy (non-hydrogen) atoms. The van der Waals surface area contributed by atoms with Crippen molar-refractivity contribution < 1.29 is 35.9 Å². The van der Waals surface area contributed by atoms with Crippen LogP contribution in [0.4, 0.5) is 26.3 Å². The average molecular weight is 509 g/mol. The van der Waals surface area contributed by atoms with E-state index in [0.717, 1.165) is 29.8 Å². The van der Waals surface area contributed by atoms with Gasteiger partial charge >= 0.3 is 12.4 Å². The van der Waals surface area contributed by atoms with E-state index >= 15 is 0 Å². The Morgan fingerprint density at radius 1 is 0.778 bits per heavy atom. The number of ether oxygens (including phenoxy) is 1. The summed E-state index contributed by atoms with van der Waals surface area (Å²) in [5, 5.41) is 0. The van der Waals surface area contributed by atoms with Gasteiger partial charge in [0, 0.05) is 20.0 Å². The molecule has 3 aromatic carbocycles. The summed E-state index contributed by atoms with van der Waals surface area (Å²) in [5.74, 6) is -0.691. The number of hydrogen-bond donors (Lipinski definition) is 0. The molecule has 3 rings (SSSR count). The summed E-state index contributed by atoms with van der Waals surface area (Å²) in [4.78, 5) is 14.4.